The fourth-order valence-electron chi connectivity index (χ4n) is 1.10. The van der Waals surface area contributed by atoms with E-state index in [0.717, 1.165) is 19.4 Å². The third kappa shape index (κ3) is 8.64. The van der Waals surface area contributed by atoms with Crippen molar-refractivity contribution in [2.45, 2.75) is 32.7 Å². The molecule has 0 aromatic heterocycles. The summed E-state index contributed by atoms with van der Waals surface area (Å²) in [6.07, 6.45) is 1.89. The molecule has 16 heavy (non-hydrogen) atoms. The largest absolute Gasteiger partial charge is 0.480 e. The Labute approximate surface area is 97.1 Å². The minimum Gasteiger partial charge on any atom is -0.480 e. The van der Waals surface area contributed by atoms with Crippen molar-refractivity contribution in [3.05, 3.63) is 0 Å². The van der Waals surface area contributed by atoms with Gasteiger partial charge in [0.1, 0.15) is 6.04 Å². The smallest absolute Gasteiger partial charge is 0.323 e. The lowest BCUT2D eigenvalue weighted by Gasteiger charge is -2.14. The SMILES string of the molecule is CCCNC(COCCOCCC)C(=O)O. The summed E-state index contributed by atoms with van der Waals surface area (Å²) < 4.78 is 10.4. The minimum absolute atomic E-state index is 0.185. The van der Waals surface area contributed by atoms with Gasteiger partial charge in [0, 0.05) is 6.61 Å². The van der Waals surface area contributed by atoms with Gasteiger partial charge in [-0.2, -0.15) is 0 Å². The van der Waals surface area contributed by atoms with Gasteiger partial charge in [-0.25, -0.2) is 0 Å². The molecule has 1 unspecified atom stereocenters. The Morgan fingerprint density at radius 2 is 1.88 bits per heavy atom. The molecular weight excluding hydrogens is 210 g/mol. The van der Waals surface area contributed by atoms with Crippen LogP contribution in [0.25, 0.3) is 0 Å². The minimum atomic E-state index is -0.872. The van der Waals surface area contributed by atoms with Crippen molar-refractivity contribution in [2.75, 3.05) is 33.0 Å². The average Bonchev–Trinajstić information content (AvgIpc) is 2.26. The Morgan fingerprint density at radius 3 is 2.44 bits per heavy atom. The van der Waals surface area contributed by atoms with Gasteiger partial charge >= 0.3 is 5.97 Å². The fourth-order valence-corrected chi connectivity index (χ4v) is 1.10. The van der Waals surface area contributed by atoms with Gasteiger partial charge < -0.3 is 19.9 Å². The van der Waals surface area contributed by atoms with Gasteiger partial charge in [-0.05, 0) is 19.4 Å². The number of hydrogen-bond acceptors (Lipinski definition) is 4. The lowest BCUT2D eigenvalue weighted by molar-refractivity contribution is -0.141. The van der Waals surface area contributed by atoms with Crippen molar-refractivity contribution in [1.29, 1.82) is 0 Å². The van der Waals surface area contributed by atoms with Gasteiger partial charge in [-0.3, -0.25) is 4.79 Å². The fraction of sp³-hybridized carbons (Fsp3) is 0.909. The van der Waals surface area contributed by atoms with Crippen LogP contribution in [-0.2, 0) is 14.3 Å². The molecule has 0 heterocycles. The van der Waals surface area contributed by atoms with Crippen LogP contribution in [0.3, 0.4) is 0 Å². The van der Waals surface area contributed by atoms with Gasteiger partial charge in [0.25, 0.3) is 0 Å². The molecule has 0 amide bonds. The molecule has 5 heteroatoms. The van der Waals surface area contributed by atoms with Crippen LogP contribution in [0, 0.1) is 0 Å². The number of carbonyl (C=O) groups is 1. The third-order valence-electron chi connectivity index (χ3n) is 1.94. The molecule has 0 rings (SSSR count). The number of nitrogens with one attached hydrogen (secondary N) is 1. The molecule has 0 aliphatic rings. The van der Waals surface area contributed by atoms with Gasteiger partial charge in [0.05, 0.1) is 19.8 Å². The lowest BCUT2D eigenvalue weighted by atomic mass is 10.3. The van der Waals surface area contributed by atoms with Crippen molar-refractivity contribution in [3.63, 3.8) is 0 Å². The van der Waals surface area contributed by atoms with Crippen LogP contribution in [-0.4, -0.2) is 50.1 Å². The van der Waals surface area contributed by atoms with Crippen LogP contribution in [0.15, 0.2) is 0 Å². The summed E-state index contributed by atoms with van der Waals surface area (Å²) in [7, 11) is 0. The topological polar surface area (TPSA) is 67.8 Å². The number of ether oxygens (including phenoxy) is 2. The molecule has 2 N–H and O–H groups in total. The maximum absolute atomic E-state index is 10.8. The second kappa shape index (κ2) is 10.9. The highest BCUT2D eigenvalue weighted by Gasteiger charge is 2.15. The van der Waals surface area contributed by atoms with E-state index in [0.29, 0.717) is 19.8 Å². The molecule has 5 nitrogen and oxygen atoms in total. The molecule has 0 radical (unpaired) electrons. The van der Waals surface area contributed by atoms with Crippen molar-refractivity contribution in [2.24, 2.45) is 0 Å². The van der Waals surface area contributed by atoms with Crippen molar-refractivity contribution < 1.29 is 19.4 Å². The molecule has 0 spiro atoms. The number of rotatable bonds is 11. The van der Waals surface area contributed by atoms with E-state index < -0.39 is 12.0 Å². The number of aliphatic carboxylic acids is 1. The number of carboxylic acid groups (broad SMARTS) is 1. The van der Waals surface area contributed by atoms with Gasteiger partial charge in [0.15, 0.2) is 0 Å². The van der Waals surface area contributed by atoms with Gasteiger partial charge in [0.2, 0.25) is 0 Å². The van der Waals surface area contributed by atoms with E-state index in [2.05, 4.69) is 5.32 Å². The summed E-state index contributed by atoms with van der Waals surface area (Å²) >= 11 is 0. The van der Waals surface area contributed by atoms with Crippen molar-refractivity contribution in [3.8, 4) is 0 Å². The van der Waals surface area contributed by atoms with Crippen LogP contribution in [0.5, 0.6) is 0 Å². The molecule has 1 atom stereocenters. The summed E-state index contributed by atoms with van der Waals surface area (Å²) in [6, 6.07) is -0.619. The maximum Gasteiger partial charge on any atom is 0.323 e. The van der Waals surface area contributed by atoms with Crippen molar-refractivity contribution in [1.82, 2.24) is 5.32 Å². The van der Waals surface area contributed by atoms with Crippen LogP contribution in [0.4, 0.5) is 0 Å². The second-order valence-corrected chi connectivity index (χ2v) is 3.53. The Hall–Kier alpha value is -0.650. The zero-order valence-electron chi connectivity index (χ0n) is 10.2. The molecule has 0 bridgehead atoms. The molecule has 0 saturated heterocycles. The Bertz CT molecular complexity index is 175. The highest BCUT2D eigenvalue weighted by molar-refractivity contribution is 5.73. The van der Waals surface area contributed by atoms with E-state index >= 15 is 0 Å². The second-order valence-electron chi connectivity index (χ2n) is 3.53. The van der Waals surface area contributed by atoms with Gasteiger partial charge in [-0.15, -0.1) is 0 Å². The molecule has 0 aromatic carbocycles. The average molecular weight is 233 g/mol. The highest BCUT2D eigenvalue weighted by atomic mass is 16.5. The predicted molar refractivity (Wildman–Crippen MR) is 61.6 cm³/mol. The number of carboxylic acids is 1. The van der Waals surface area contributed by atoms with Crippen LogP contribution < -0.4 is 5.32 Å². The molecule has 0 aliphatic carbocycles. The summed E-state index contributed by atoms with van der Waals surface area (Å²) in [5, 5.41) is 11.8. The summed E-state index contributed by atoms with van der Waals surface area (Å²) in [4.78, 5) is 10.8. The summed E-state index contributed by atoms with van der Waals surface area (Å²) in [5.74, 6) is -0.872. The Balaban J connectivity index is 3.48. The van der Waals surface area contributed by atoms with Gasteiger partial charge in [-0.1, -0.05) is 13.8 Å². The predicted octanol–water partition coefficient (Wildman–Crippen LogP) is 0.882. The zero-order valence-corrected chi connectivity index (χ0v) is 10.2. The normalized spacial score (nSPS) is 12.6. The van der Waals surface area contributed by atoms with E-state index in [9.17, 15) is 4.79 Å². The molecule has 0 aromatic rings. The molecule has 0 fully saturated rings. The molecule has 0 aliphatic heterocycles. The van der Waals surface area contributed by atoms with E-state index in [4.69, 9.17) is 14.6 Å². The standard InChI is InChI=1S/C11H23NO4/c1-3-5-12-10(11(13)14)9-16-8-7-15-6-4-2/h10,12H,3-9H2,1-2H3,(H,13,14). The van der Waals surface area contributed by atoms with Crippen molar-refractivity contribution >= 4 is 5.97 Å². The molecule has 96 valence electrons. The van der Waals surface area contributed by atoms with E-state index in [-0.39, 0.29) is 6.61 Å². The van der Waals surface area contributed by atoms with Crippen LogP contribution in [0.2, 0.25) is 0 Å². The zero-order chi connectivity index (χ0) is 12.2. The monoisotopic (exact) mass is 233 g/mol. The first kappa shape index (κ1) is 15.3. The first-order valence-corrected chi connectivity index (χ1v) is 5.84. The maximum atomic E-state index is 10.8. The van der Waals surface area contributed by atoms with Crippen LogP contribution >= 0.6 is 0 Å². The van der Waals surface area contributed by atoms with E-state index in [1.807, 2.05) is 13.8 Å². The summed E-state index contributed by atoms with van der Waals surface area (Å²) in [5.41, 5.74) is 0. The highest BCUT2D eigenvalue weighted by Crippen LogP contribution is 1.89. The molecule has 0 saturated carbocycles. The number of hydrogen-bond donors (Lipinski definition) is 2. The third-order valence-corrected chi connectivity index (χ3v) is 1.94. The first-order chi connectivity index (χ1) is 7.72. The molecular formula is C11H23NO4. The van der Waals surface area contributed by atoms with E-state index in [1.165, 1.54) is 0 Å². The Kier molecular flexibility index (Phi) is 10.4. The summed E-state index contributed by atoms with van der Waals surface area (Å²) in [6.45, 7) is 6.59. The lowest BCUT2D eigenvalue weighted by Crippen LogP contribution is -2.41. The Morgan fingerprint density at radius 1 is 1.19 bits per heavy atom. The quantitative estimate of drug-likeness (QED) is 0.519. The van der Waals surface area contributed by atoms with Crippen LogP contribution in [0.1, 0.15) is 26.7 Å². The first-order valence-electron chi connectivity index (χ1n) is 5.84. The van der Waals surface area contributed by atoms with E-state index in [1.54, 1.807) is 0 Å².